The van der Waals surface area contributed by atoms with Crippen LogP contribution in [0.25, 0.3) is 0 Å². The van der Waals surface area contributed by atoms with Crippen molar-refractivity contribution in [2.75, 3.05) is 0 Å². The lowest BCUT2D eigenvalue weighted by molar-refractivity contribution is -0.186. The van der Waals surface area contributed by atoms with E-state index >= 15 is 0 Å². The average Bonchev–Trinajstić information content (AvgIpc) is 2.63. The molecule has 3 fully saturated rings. The van der Waals surface area contributed by atoms with Gasteiger partial charge in [0.05, 0.1) is 6.10 Å². The molecule has 0 amide bonds. The van der Waals surface area contributed by atoms with Gasteiger partial charge in [-0.3, -0.25) is 10.1 Å². The molecule has 2 saturated carbocycles. The third-order valence-corrected chi connectivity index (χ3v) is 6.31. The van der Waals surface area contributed by atoms with Gasteiger partial charge in [0, 0.05) is 29.7 Å². The number of fused-ring (bicyclic) bond motifs is 3. The van der Waals surface area contributed by atoms with Gasteiger partial charge in [0.2, 0.25) is 0 Å². The molecule has 5 rings (SSSR count). The number of rotatable bonds is 0. The zero-order valence-corrected chi connectivity index (χ0v) is 11.9. The number of piperidine rings is 1. The van der Waals surface area contributed by atoms with Gasteiger partial charge in [-0.15, -0.1) is 0 Å². The number of carbonyl (C=O) groups is 1. The average molecular weight is 277 g/mol. The van der Waals surface area contributed by atoms with E-state index in [9.17, 15) is 15.0 Å². The number of carbonyl (C=O) groups excluding carboxylic acids is 1. The quantitative estimate of drug-likeness (QED) is 0.580. The molecule has 0 aromatic heterocycles. The van der Waals surface area contributed by atoms with Crippen LogP contribution in [0.1, 0.15) is 45.4 Å². The van der Waals surface area contributed by atoms with Gasteiger partial charge in [0.25, 0.3) is 0 Å². The molecule has 0 aromatic rings. The van der Waals surface area contributed by atoms with E-state index in [1.807, 2.05) is 6.92 Å². The van der Waals surface area contributed by atoms with Gasteiger partial charge >= 0.3 is 0 Å². The van der Waals surface area contributed by atoms with Crippen LogP contribution < -0.4 is 5.32 Å². The highest BCUT2D eigenvalue weighted by Crippen LogP contribution is 2.63. The lowest BCUT2D eigenvalue weighted by atomic mass is 9.53. The molecule has 3 N–H and O–H groups in total. The number of hydrogen-bond acceptors (Lipinski definition) is 4. The van der Waals surface area contributed by atoms with E-state index in [0.717, 1.165) is 31.3 Å². The van der Waals surface area contributed by atoms with Crippen molar-refractivity contribution in [2.24, 2.45) is 17.3 Å². The van der Waals surface area contributed by atoms with Crippen molar-refractivity contribution >= 4 is 5.78 Å². The maximum atomic E-state index is 12.6. The van der Waals surface area contributed by atoms with Gasteiger partial charge in [0.15, 0.2) is 0 Å². The molecule has 2 heterocycles. The van der Waals surface area contributed by atoms with Crippen LogP contribution in [0.4, 0.5) is 0 Å². The first-order chi connectivity index (χ1) is 9.48. The summed E-state index contributed by atoms with van der Waals surface area (Å²) in [4.78, 5) is 12.6. The summed E-state index contributed by atoms with van der Waals surface area (Å²) in [6, 6.07) is 0.335. The summed E-state index contributed by atoms with van der Waals surface area (Å²) >= 11 is 0. The first-order valence-corrected chi connectivity index (χ1v) is 7.90. The summed E-state index contributed by atoms with van der Waals surface area (Å²) in [6.45, 7) is 1.91. The van der Waals surface area contributed by atoms with Gasteiger partial charge in [-0.1, -0.05) is 13.0 Å². The SMILES string of the molecule is C[C@@H]1C[C@]2(O)NC3CC/C=C4/[C@H](O)CC(C1=O)C42CC3. The molecule has 0 aromatic carbocycles. The first kappa shape index (κ1) is 13.0. The van der Waals surface area contributed by atoms with Crippen LogP contribution in [0.3, 0.4) is 0 Å². The Bertz CT molecular complexity index is 502. The molecule has 2 bridgehead atoms. The van der Waals surface area contributed by atoms with Crippen LogP contribution in [0.5, 0.6) is 0 Å². The molecule has 5 aliphatic rings. The van der Waals surface area contributed by atoms with E-state index in [1.165, 1.54) is 0 Å². The number of aliphatic hydroxyl groups is 2. The van der Waals surface area contributed by atoms with Gasteiger partial charge in [0.1, 0.15) is 11.5 Å². The van der Waals surface area contributed by atoms with Gasteiger partial charge < -0.3 is 10.2 Å². The molecule has 0 radical (unpaired) electrons. The Hall–Kier alpha value is -0.710. The highest BCUT2D eigenvalue weighted by molar-refractivity contribution is 5.87. The summed E-state index contributed by atoms with van der Waals surface area (Å²) < 4.78 is 0. The lowest BCUT2D eigenvalue weighted by Gasteiger charge is -2.59. The number of allylic oxidation sites excluding steroid dienone is 1. The van der Waals surface area contributed by atoms with E-state index in [-0.39, 0.29) is 17.6 Å². The Balaban J connectivity index is 1.94. The third-order valence-electron chi connectivity index (χ3n) is 6.31. The molecule has 2 aliphatic heterocycles. The standard InChI is InChI=1S/C16H23NO3/c1-9-8-16(20)15-6-5-10(17-16)3-2-4-11(15)13(18)7-12(15)14(9)19/h4,9-10,12-13,17-18,20H,2-3,5-8H2,1H3/b11-4-/t9-,10?,12?,13-,15?,16-/m1/s1. The van der Waals surface area contributed by atoms with Crippen molar-refractivity contribution in [3.63, 3.8) is 0 Å². The zero-order valence-electron chi connectivity index (χ0n) is 11.9. The maximum absolute atomic E-state index is 12.6. The molecule has 20 heavy (non-hydrogen) atoms. The van der Waals surface area contributed by atoms with E-state index in [0.29, 0.717) is 18.9 Å². The summed E-state index contributed by atoms with van der Waals surface area (Å²) in [5.41, 5.74) is -0.624. The van der Waals surface area contributed by atoms with E-state index in [2.05, 4.69) is 11.4 Å². The summed E-state index contributed by atoms with van der Waals surface area (Å²) in [6.07, 6.45) is 6.27. The summed E-state index contributed by atoms with van der Waals surface area (Å²) in [5, 5.41) is 25.3. The van der Waals surface area contributed by atoms with Crippen LogP contribution in [-0.4, -0.2) is 33.9 Å². The predicted molar refractivity (Wildman–Crippen MR) is 73.8 cm³/mol. The largest absolute Gasteiger partial charge is 0.389 e. The molecule has 3 aliphatic carbocycles. The van der Waals surface area contributed by atoms with Crippen molar-refractivity contribution in [2.45, 2.75) is 63.3 Å². The fourth-order valence-electron chi connectivity index (χ4n) is 5.50. The minimum atomic E-state index is -1.02. The molecular weight excluding hydrogens is 254 g/mol. The summed E-state index contributed by atoms with van der Waals surface area (Å²) in [5.74, 6) is -0.114. The molecular formula is C16H23NO3. The normalized spacial score (nSPS) is 56.8. The van der Waals surface area contributed by atoms with Gasteiger partial charge in [-0.05, 0) is 37.7 Å². The van der Waals surface area contributed by atoms with Crippen LogP contribution in [-0.2, 0) is 4.79 Å². The van der Waals surface area contributed by atoms with Crippen molar-refractivity contribution in [1.29, 1.82) is 0 Å². The van der Waals surface area contributed by atoms with Crippen LogP contribution in [0.2, 0.25) is 0 Å². The smallest absolute Gasteiger partial charge is 0.140 e. The Morgan fingerprint density at radius 3 is 3.00 bits per heavy atom. The molecule has 1 saturated heterocycles. The zero-order chi connectivity index (χ0) is 14.1. The molecule has 4 heteroatoms. The minimum Gasteiger partial charge on any atom is -0.389 e. The number of aliphatic hydroxyl groups excluding tert-OH is 1. The summed E-state index contributed by atoms with van der Waals surface area (Å²) in [7, 11) is 0. The topological polar surface area (TPSA) is 69.6 Å². The van der Waals surface area contributed by atoms with Crippen LogP contribution >= 0.6 is 0 Å². The molecule has 3 unspecified atom stereocenters. The number of hydrogen-bond donors (Lipinski definition) is 3. The Labute approximate surface area is 119 Å². The van der Waals surface area contributed by atoms with E-state index < -0.39 is 17.2 Å². The first-order valence-electron chi connectivity index (χ1n) is 7.90. The maximum Gasteiger partial charge on any atom is 0.140 e. The molecule has 110 valence electrons. The third kappa shape index (κ3) is 1.35. The molecule has 6 atom stereocenters. The molecule has 4 nitrogen and oxygen atoms in total. The predicted octanol–water partition coefficient (Wildman–Crippen LogP) is 1.12. The monoisotopic (exact) mass is 277 g/mol. The Morgan fingerprint density at radius 2 is 2.20 bits per heavy atom. The van der Waals surface area contributed by atoms with Crippen molar-refractivity contribution < 1.29 is 15.0 Å². The number of nitrogens with one attached hydrogen (secondary N) is 1. The van der Waals surface area contributed by atoms with E-state index in [4.69, 9.17) is 0 Å². The second-order valence-corrected chi connectivity index (χ2v) is 7.26. The fraction of sp³-hybridized carbons (Fsp3) is 0.812. The van der Waals surface area contributed by atoms with Crippen molar-refractivity contribution in [3.8, 4) is 0 Å². The second-order valence-electron chi connectivity index (χ2n) is 7.26. The van der Waals surface area contributed by atoms with Crippen molar-refractivity contribution in [1.82, 2.24) is 5.32 Å². The lowest BCUT2D eigenvalue weighted by Crippen LogP contribution is -2.71. The highest BCUT2D eigenvalue weighted by Gasteiger charge is 2.69. The fourth-order valence-corrected chi connectivity index (χ4v) is 5.50. The van der Waals surface area contributed by atoms with Crippen LogP contribution in [0, 0.1) is 17.3 Å². The Kier molecular flexibility index (Phi) is 2.55. The number of ketones is 1. The second kappa shape index (κ2) is 3.93. The van der Waals surface area contributed by atoms with Gasteiger partial charge in [-0.2, -0.15) is 0 Å². The minimum absolute atomic E-state index is 0.129. The highest BCUT2D eigenvalue weighted by atomic mass is 16.3. The van der Waals surface area contributed by atoms with E-state index in [1.54, 1.807) is 0 Å². The molecule has 1 spiro atoms. The van der Waals surface area contributed by atoms with Crippen molar-refractivity contribution in [3.05, 3.63) is 11.6 Å². The van der Waals surface area contributed by atoms with Gasteiger partial charge in [-0.25, -0.2) is 0 Å². The Morgan fingerprint density at radius 1 is 1.40 bits per heavy atom. The van der Waals surface area contributed by atoms with Crippen LogP contribution in [0.15, 0.2) is 11.6 Å². The number of Topliss-reactive ketones (excluding diaryl/α,β-unsaturated/α-hetero) is 1.